The first-order chi connectivity index (χ1) is 15.9. The van der Waals surface area contributed by atoms with Crippen molar-refractivity contribution < 1.29 is 0 Å². The molecule has 32 heavy (non-hydrogen) atoms. The van der Waals surface area contributed by atoms with E-state index < -0.39 is 0 Å². The van der Waals surface area contributed by atoms with Gasteiger partial charge in [-0.2, -0.15) is 9.61 Å². The summed E-state index contributed by atoms with van der Waals surface area (Å²) in [7, 11) is 0. The van der Waals surface area contributed by atoms with Crippen LogP contribution in [0.1, 0.15) is 54.7 Å². The van der Waals surface area contributed by atoms with Crippen molar-refractivity contribution in [1.29, 1.82) is 0 Å². The number of aromatic nitrogens is 5. The Kier molecular flexibility index (Phi) is 4.25. The van der Waals surface area contributed by atoms with Gasteiger partial charge in [0.2, 0.25) is 0 Å². The zero-order valence-electron chi connectivity index (χ0n) is 18.4. The largest absolute Gasteiger partial charge is 0.355 e. The zero-order chi connectivity index (χ0) is 21.1. The van der Waals surface area contributed by atoms with Crippen molar-refractivity contribution in [3.05, 3.63) is 53.6 Å². The van der Waals surface area contributed by atoms with E-state index in [0.717, 1.165) is 50.2 Å². The van der Waals surface area contributed by atoms with Crippen LogP contribution in [0.25, 0.3) is 16.7 Å². The number of imidazole rings is 1. The Labute approximate surface area is 187 Å². The van der Waals surface area contributed by atoms with Gasteiger partial charge in [0.05, 0.1) is 28.8 Å². The van der Waals surface area contributed by atoms with E-state index in [9.17, 15) is 0 Å². The van der Waals surface area contributed by atoms with E-state index in [1.54, 1.807) is 0 Å². The van der Waals surface area contributed by atoms with Gasteiger partial charge in [0.25, 0.3) is 0 Å². The average molecular weight is 428 g/mol. The van der Waals surface area contributed by atoms with Crippen LogP contribution in [0.5, 0.6) is 0 Å². The number of benzene rings is 1. The summed E-state index contributed by atoms with van der Waals surface area (Å²) in [6.45, 7) is 3.99. The molecule has 4 aromatic rings. The Balaban J connectivity index is 1.26. The summed E-state index contributed by atoms with van der Waals surface area (Å²) in [4.78, 5) is 12.6. The van der Waals surface area contributed by atoms with Crippen LogP contribution in [0.4, 0.5) is 5.82 Å². The van der Waals surface area contributed by atoms with Crippen LogP contribution >= 0.6 is 0 Å². The molecule has 0 atom stereocenters. The zero-order valence-corrected chi connectivity index (χ0v) is 18.4. The van der Waals surface area contributed by atoms with E-state index in [1.165, 1.54) is 54.1 Å². The maximum absolute atomic E-state index is 5.15. The van der Waals surface area contributed by atoms with Crippen molar-refractivity contribution in [2.24, 2.45) is 0 Å². The quantitative estimate of drug-likeness (QED) is 0.542. The molecule has 1 aromatic carbocycles. The lowest BCUT2D eigenvalue weighted by atomic mass is 9.97. The van der Waals surface area contributed by atoms with Gasteiger partial charge in [-0.3, -0.25) is 0 Å². The first-order valence-electron chi connectivity index (χ1n) is 12.1. The number of para-hydroxylation sites is 2. The molecule has 3 aromatic heterocycles. The number of anilines is 1. The molecule has 2 aliphatic heterocycles. The number of nitrogens with one attached hydrogen (secondary N) is 1. The molecule has 7 rings (SSSR count). The van der Waals surface area contributed by atoms with Crippen LogP contribution in [-0.4, -0.2) is 50.3 Å². The second-order valence-electron chi connectivity index (χ2n) is 9.58. The third-order valence-corrected chi connectivity index (χ3v) is 7.64. The standard InChI is InChI=1S/C25H29N7/c1-2-6-18(5-1)31-22-8-4-3-7-21(22)29-24(31)17-15-30(16-17)25-19-9-12-26-13-10-20(19)28-23-11-14-27-32(23)25/h3-4,7-8,11,14,17-18,26H,1-2,5-6,9-10,12-13,15-16H2. The van der Waals surface area contributed by atoms with Crippen molar-refractivity contribution in [1.82, 2.24) is 29.5 Å². The predicted octanol–water partition coefficient (Wildman–Crippen LogP) is 3.49. The molecule has 5 heterocycles. The van der Waals surface area contributed by atoms with Crippen LogP contribution in [0.15, 0.2) is 36.5 Å². The number of hydrogen-bond donors (Lipinski definition) is 1. The lowest BCUT2D eigenvalue weighted by Gasteiger charge is -2.42. The molecule has 0 amide bonds. The minimum absolute atomic E-state index is 0.460. The highest BCUT2D eigenvalue weighted by atomic mass is 15.4. The third-order valence-electron chi connectivity index (χ3n) is 7.64. The van der Waals surface area contributed by atoms with Crippen molar-refractivity contribution in [3.8, 4) is 0 Å². The van der Waals surface area contributed by atoms with E-state index in [0.29, 0.717) is 12.0 Å². The summed E-state index contributed by atoms with van der Waals surface area (Å²) in [6.07, 6.45) is 9.10. The lowest BCUT2D eigenvalue weighted by molar-refractivity contribution is 0.435. The normalized spacial score (nSPS) is 20.1. The Morgan fingerprint density at radius 2 is 1.78 bits per heavy atom. The summed E-state index contributed by atoms with van der Waals surface area (Å²) in [5.74, 6) is 2.99. The van der Waals surface area contributed by atoms with Crippen LogP contribution in [-0.2, 0) is 12.8 Å². The highest BCUT2D eigenvalue weighted by Crippen LogP contribution is 2.40. The molecule has 164 valence electrons. The summed E-state index contributed by atoms with van der Waals surface area (Å²) >= 11 is 0. The molecule has 0 bridgehead atoms. The SMILES string of the molecule is c1ccc2c(c1)nc(C1CN(c3c4c(nc5ccnn35)CCNCC4)C1)n2C1CCCC1. The molecule has 0 unspecified atom stereocenters. The Bertz CT molecular complexity index is 1290. The average Bonchev–Trinajstić information content (AvgIpc) is 3.49. The molecule has 0 spiro atoms. The summed E-state index contributed by atoms with van der Waals surface area (Å²) in [5.41, 5.74) is 6.02. The molecule has 1 saturated carbocycles. The van der Waals surface area contributed by atoms with Gasteiger partial charge in [-0.25, -0.2) is 9.97 Å². The third kappa shape index (κ3) is 2.80. The summed E-state index contributed by atoms with van der Waals surface area (Å²) < 4.78 is 4.64. The molecule has 0 radical (unpaired) electrons. The van der Waals surface area contributed by atoms with Crippen molar-refractivity contribution in [2.45, 2.75) is 50.5 Å². The molecule has 7 nitrogen and oxygen atoms in total. The molecule has 1 saturated heterocycles. The van der Waals surface area contributed by atoms with Crippen LogP contribution < -0.4 is 10.2 Å². The van der Waals surface area contributed by atoms with Gasteiger partial charge < -0.3 is 14.8 Å². The molecular formula is C25H29N7. The molecule has 3 aliphatic rings. The molecule has 1 aliphatic carbocycles. The van der Waals surface area contributed by atoms with Gasteiger partial charge in [-0.15, -0.1) is 0 Å². The summed E-state index contributed by atoms with van der Waals surface area (Å²) in [6, 6.07) is 11.3. The number of hydrogen-bond acceptors (Lipinski definition) is 5. The minimum atomic E-state index is 0.460. The van der Waals surface area contributed by atoms with E-state index in [1.807, 2.05) is 12.3 Å². The minimum Gasteiger partial charge on any atom is -0.355 e. The number of nitrogens with zero attached hydrogens (tertiary/aromatic N) is 6. The topological polar surface area (TPSA) is 63.3 Å². The van der Waals surface area contributed by atoms with Crippen molar-refractivity contribution >= 4 is 22.5 Å². The Morgan fingerprint density at radius 1 is 0.938 bits per heavy atom. The molecule has 7 heteroatoms. The van der Waals surface area contributed by atoms with Crippen LogP contribution in [0.2, 0.25) is 0 Å². The maximum Gasteiger partial charge on any atom is 0.157 e. The summed E-state index contributed by atoms with van der Waals surface area (Å²) in [5, 5.41) is 8.17. The number of rotatable bonds is 3. The fourth-order valence-corrected chi connectivity index (χ4v) is 6.05. The molecular weight excluding hydrogens is 398 g/mol. The van der Waals surface area contributed by atoms with Gasteiger partial charge in [-0.05, 0) is 37.9 Å². The number of fused-ring (bicyclic) bond motifs is 3. The Hall–Kier alpha value is -2.93. The predicted molar refractivity (Wildman–Crippen MR) is 125 cm³/mol. The van der Waals surface area contributed by atoms with E-state index in [2.05, 4.69) is 48.7 Å². The first-order valence-corrected chi connectivity index (χ1v) is 12.1. The van der Waals surface area contributed by atoms with Crippen LogP contribution in [0, 0.1) is 0 Å². The highest BCUT2D eigenvalue weighted by Gasteiger charge is 2.37. The Morgan fingerprint density at radius 3 is 2.69 bits per heavy atom. The van der Waals surface area contributed by atoms with Gasteiger partial charge in [-0.1, -0.05) is 25.0 Å². The molecule has 1 N–H and O–H groups in total. The van der Waals surface area contributed by atoms with Crippen molar-refractivity contribution in [3.63, 3.8) is 0 Å². The van der Waals surface area contributed by atoms with Gasteiger partial charge in [0.15, 0.2) is 5.65 Å². The maximum atomic E-state index is 5.15. The van der Waals surface area contributed by atoms with Gasteiger partial charge in [0, 0.05) is 43.7 Å². The second kappa shape index (κ2) is 7.30. The smallest absolute Gasteiger partial charge is 0.157 e. The van der Waals surface area contributed by atoms with Crippen LogP contribution in [0.3, 0.4) is 0 Å². The lowest BCUT2D eigenvalue weighted by Crippen LogP contribution is -2.48. The monoisotopic (exact) mass is 427 g/mol. The van der Waals surface area contributed by atoms with E-state index in [-0.39, 0.29) is 0 Å². The second-order valence-corrected chi connectivity index (χ2v) is 9.58. The van der Waals surface area contributed by atoms with Gasteiger partial charge in [0.1, 0.15) is 11.6 Å². The fourth-order valence-electron chi connectivity index (χ4n) is 6.05. The van der Waals surface area contributed by atoms with E-state index in [4.69, 9.17) is 9.97 Å². The van der Waals surface area contributed by atoms with E-state index >= 15 is 0 Å². The van der Waals surface area contributed by atoms with Gasteiger partial charge >= 0.3 is 0 Å². The van der Waals surface area contributed by atoms with Crippen molar-refractivity contribution in [2.75, 3.05) is 31.1 Å². The fraction of sp³-hybridized carbons (Fsp3) is 0.480. The highest BCUT2D eigenvalue weighted by molar-refractivity contribution is 5.76. The molecule has 2 fully saturated rings. The first kappa shape index (κ1) is 18.6.